The van der Waals surface area contributed by atoms with E-state index in [2.05, 4.69) is 22.4 Å². The van der Waals surface area contributed by atoms with Gasteiger partial charge in [-0.15, -0.1) is 5.10 Å². The Balaban J connectivity index is 1.33. The van der Waals surface area contributed by atoms with Crippen LogP contribution in [0.3, 0.4) is 0 Å². The number of piperidine rings is 1. The van der Waals surface area contributed by atoms with Gasteiger partial charge in [0.05, 0.1) is 6.20 Å². The topological polar surface area (TPSA) is 68.1 Å². The summed E-state index contributed by atoms with van der Waals surface area (Å²) >= 11 is 0. The van der Waals surface area contributed by atoms with Gasteiger partial charge in [0.2, 0.25) is 0 Å². The minimum Gasteiger partial charge on any atom is -0.336 e. The molecule has 0 radical (unpaired) electrons. The van der Waals surface area contributed by atoms with E-state index < -0.39 is 0 Å². The number of carbonyl (C=O) groups excluding carboxylic acids is 2. The lowest BCUT2D eigenvalue weighted by Gasteiger charge is -2.31. The molecule has 1 aromatic heterocycles. The average molecular weight is 402 g/mol. The highest BCUT2D eigenvalue weighted by molar-refractivity contribution is 5.99. The first-order valence-corrected chi connectivity index (χ1v) is 10.5. The zero-order valence-corrected chi connectivity index (χ0v) is 17.0. The molecule has 0 bridgehead atoms. The summed E-state index contributed by atoms with van der Waals surface area (Å²) in [5.74, 6) is -0.196. The van der Waals surface area contributed by atoms with E-state index in [4.69, 9.17) is 0 Å². The van der Waals surface area contributed by atoms with E-state index in [1.807, 2.05) is 48.5 Å². The Morgan fingerprint density at radius 1 is 1.00 bits per heavy atom. The van der Waals surface area contributed by atoms with Crippen LogP contribution in [0.2, 0.25) is 0 Å². The molecule has 1 amide bonds. The Morgan fingerprint density at radius 3 is 2.50 bits per heavy atom. The van der Waals surface area contributed by atoms with Gasteiger partial charge in [-0.2, -0.15) is 0 Å². The number of benzene rings is 2. The average Bonchev–Trinajstić information content (AvgIpc) is 3.28. The Kier molecular flexibility index (Phi) is 6.32. The summed E-state index contributed by atoms with van der Waals surface area (Å²) in [5.41, 5.74) is 2.35. The highest BCUT2D eigenvalue weighted by atomic mass is 16.2. The Morgan fingerprint density at radius 2 is 1.73 bits per heavy atom. The minimum absolute atomic E-state index is 0.109. The normalized spacial score (nSPS) is 16.4. The molecule has 6 heteroatoms. The van der Waals surface area contributed by atoms with Crippen LogP contribution < -0.4 is 0 Å². The lowest BCUT2D eigenvalue weighted by Crippen LogP contribution is -2.42. The fraction of sp³-hybridized carbons (Fsp3) is 0.333. The predicted octanol–water partition coefficient (Wildman–Crippen LogP) is 3.65. The van der Waals surface area contributed by atoms with E-state index >= 15 is 0 Å². The molecule has 6 nitrogen and oxygen atoms in total. The molecule has 2 heterocycles. The number of likely N-dealkylation sites (tertiary alicyclic amines) is 1. The van der Waals surface area contributed by atoms with Crippen LogP contribution in [-0.2, 0) is 13.0 Å². The molecule has 2 aromatic carbocycles. The summed E-state index contributed by atoms with van der Waals surface area (Å²) < 4.78 is 1.73. The van der Waals surface area contributed by atoms with Crippen molar-refractivity contribution in [1.29, 1.82) is 0 Å². The van der Waals surface area contributed by atoms with Gasteiger partial charge in [0.25, 0.3) is 5.91 Å². The molecule has 0 aliphatic carbocycles. The molecule has 1 atom stereocenters. The van der Waals surface area contributed by atoms with Crippen molar-refractivity contribution in [3.05, 3.63) is 83.7 Å². The molecular weight excluding hydrogens is 376 g/mol. The second-order valence-corrected chi connectivity index (χ2v) is 7.78. The Bertz CT molecular complexity index is 985. The summed E-state index contributed by atoms with van der Waals surface area (Å²) in [5, 5.41) is 8.20. The van der Waals surface area contributed by atoms with E-state index in [9.17, 15) is 9.59 Å². The third kappa shape index (κ3) is 4.82. The molecule has 0 spiro atoms. The molecule has 1 fully saturated rings. The number of hydrogen-bond donors (Lipinski definition) is 0. The zero-order chi connectivity index (χ0) is 20.8. The van der Waals surface area contributed by atoms with E-state index in [1.54, 1.807) is 15.8 Å². The summed E-state index contributed by atoms with van der Waals surface area (Å²) in [4.78, 5) is 27.4. The summed E-state index contributed by atoms with van der Waals surface area (Å²) in [6.07, 6.45) is 5.23. The largest absolute Gasteiger partial charge is 0.336 e. The predicted molar refractivity (Wildman–Crippen MR) is 114 cm³/mol. The van der Waals surface area contributed by atoms with Gasteiger partial charge in [-0.05, 0) is 31.2 Å². The highest BCUT2D eigenvalue weighted by Crippen LogP contribution is 2.22. The zero-order valence-electron chi connectivity index (χ0n) is 17.0. The maximum atomic E-state index is 12.9. The lowest BCUT2D eigenvalue weighted by molar-refractivity contribution is 0.0632. The van der Waals surface area contributed by atoms with Crippen LogP contribution in [-0.4, -0.2) is 44.7 Å². The molecule has 0 saturated carbocycles. The smallest absolute Gasteiger partial charge is 0.276 e. The number of hydrogen-bond acceptors (Lipinski definition) is 4. The van der Waals surface area contributed by atoms with Gasteiger partial charge in [-0.3, -0.25) is 14.3 Å². The van der Waals surface area contributed by atoms with Crippen molar-refractivity contribution in [2.75, 3.05) is 13.1 Å². The SMILES string of the molecule is O=C(c1ccccc1)[C@@H]1CCCN(C(=O)c2cn(CCCc3ccccc3)nn2)C1. The van der Waals surface area contributed by atoms with Gasteiger partial charge in [0, 0.05) is 31.1 Å². The molecule has 30 heavy (non-hydrogen) atoms. The molecular formula is C24H26N4O2. The molecule has 0 unspecified atom stereocenters. The van der Waals surface area contributed by atoms with Crippen molar-refractivity contribution in [3.8, 4) is 0 Å². The molecule has 3 aromatic rings. The van der Waals surface area contributed by atoms with E-state index in [1.165, 1.54) is 5.56 Å². The summed E-state index contributed by atoms with van der Waals surface area (Å²) in [6, 6.07) is 19.6. The third-order valence-corrected chi connectivity index (χ3v) is 5.59. The van der Waals surface area contributed by atoms with E-state index in [-0.39, 0.29) is 17.6 Å². The minimum atomic E-state index is -0.161. The number of rotatable bonds is 7. The molecule has 1 saturated heterocycles. The van der Waals surface area contributed by atoms with Crippen LogP contribution >= 0.6 is 0 Å². The van der Waals surface area contributed by atoms with Gasteiger partial charge in [-0.25, -0.2) is 0 Å². The first-order valence-electron chi connectivity index (χ1n) is 10.5. The van der Waals surface area contributed by atoms with Crippen molar-refractivity contribution in [3.63, 3.8) is 0 Å². The Labute approximate surface area is 176 Å². The number of aryl methyl sites for hydroxylation is 2. The number of Topliss-reactive ketones (excluding diaryl/α,β-unsaturated/α-hetero) is 1. The van der Waals surface area contributed by atoms with Gasteiger partial charge in [0.1, 0.15) is 0 Å². The molecule has 154 valence electrons. The fourth-order valence-corrected chi connectivity index (χ4v) is 3.97. The number of nitrogens with zero attached hydrogens (tertiary/aromatic N) is 4. The van der Waals surface area contributed by atoms with Crippen LogP contribution in [0.1, 0.15) is 45.7 Å². The molecule has 0 N–H and O–H groups in total. The van der Waals surface area contributed by atoms with Crippen LogP contribution in [0.15, 0.2) is 66.9 Å². The first-order chi connectivity index (χ1) is 14.7. The maximum Gasteiger partial charge on any atom is 0.276 e. The van der Waals surface area contributed by atoms with Crippen LogP contribution in [0.4, 0.5) is 0 Å². The number of aromatic nitrogens is 3. The monoisotopic (exact) mass is 402 g/mol. The van der Waals surface area contributed by atoms with Gasteiger partial charge in [-0.1, -0.05) is 65.9 Å². The van der Waals surface area contributed by atoms with Gasteiger partial charge < -0.3 is 4.90 Å². The molecule has 1 aliphatic rings. The Hall–Kier alpha value is -3.28. The van der Waals surface area contributed by atoms with Gasteiger partial charge in [0.15, 0.2) is 11.5 Å². The first kappa shape index (κ1) is 20.0. The number of ketones is 1. The fourth-order valence-electron chi connectivity index (χ4n) is 3.97. The third-order valence-electron chi connectivity index (χ3n) is 5.59. The number of amides is 1. The lowest BCUT2D eigenvalue weighted by atomic mass is 9.90. The number of carbonyl (C=O) groups is 2. The van der Waals surface area contributed by atoms with Crippen molar-refractivity contribution in [2.24, 2.45) is 5.92 Å². The standard InChI is InChI=1S/C24H26N4O2/c29-23(20-12-5-2-6-13-20)21-14-8-15-27(17-21)24(30)22-18-28(26-25-22)16-7-11-19-9-3-1-4-10-19/h1-6,9-10,12-13,18,21H,7-8,11,14-17H2/t21-/m1/s1. The van der Waals surface area contributed by atoms with Crippen LogP contribution in [0.5, 0.6) is 0 Å². The highest BCUT2D eigenvalue weighted by Gasteiger charge is 2.30. The second-order valence-electron chi connectivity index (χ2n) is 7.78. The summed E-state index contributed by atoms with van der Waals surface area (Å²) in [6.45, 7) is 1.80. The van der Waals surface area contributed by atoms with Crippen molar-refractivity contribution >= 4 is 11.7 Å². The van der Waals surface area contributed by atoms with Crippen molar-refractivity contribution < 1.29 is 9.59 Å². The molecule has 4 rings (SSSR count). The summed E-state index contributed by atoms with van der Waals surface area (Å²) in [7, 11) is 0. The van der Waals surface area contributed by atoms with Gasteiger partial charge >= 0.3 is 0 Å². The van der Waals surface area contributed by atoms with Crippen LogP contribution in [0, 0.1) is 5.92 Å². The second kappa shape index (κ2) is 9.48. The van der Waals surface area contributed by atoms with E-state index in [0.29, 0.717) is 30.9 Å². The molecule has 1 aliphatic heterocycles. The van der Waals surface area contributed by atoms with Crippen molar-refractivity contribution in [2.45, 2.75) is 32.2 Å². The quantitative estimate of drug-likeness (QED) is 0.566. The van der Waals surface area contributed by atoms with E-state index in [0.717, 1.165) is 25.7 Å². The van der Waals surface area contributed by atoms with Crippen molar-refractivity contribution in [1.82, 2.24) is 19.9 Å². The van der Waals surface area contributed by atoms with Crippen LogP contribution in [0.25, 0.3) is 0 Å². The maximum absolute atomic E-state index is 12.9.